The number of pyridine rings is 1. The fourth-order valence-electron chi connectivity index (χ4n) is 6.24. The Bertz CT molecular complexity index is 2590. The zero-order valence-corrected chi connectivity index (χ0v) is 25.3. The monoisotopic (exact) mass is 611 g/mol. The molecule has 0 fully saturated rings. The lowest BCUT2D eigenvalue weighted by Crippen LogP contribution is -1.98. The van der Waals surface area contributed by atoms with E-state index in [4.69, 9.17) is 14.7 Å². The number of para-hydroxylation sites is 2. The molecule has 218 valence electrons. The maximum Gasteiger partial charge on any atom is 0.307 e. The van der Waals surface area contributed by atoms with Gasteiger partial charge in [-0.2, -0.15) is 4.98 Å². The van der Waals surface area contributed by atoms with Crippen molar-refractivity contribution in [2.45, 2.75) is 0 Å². The molecule has 0 saturated carbocycles. The van der Waals surface area contributed by atoms with Crippen LogP contribution in [0.3, 0.4) is 0 Å². The quantitative estimate of drug-likeness (QED) is 0.210. The highest BCUT2D eigenvalue weighted by Crippen LogP contribution is 2.46. The molecule has 3 heterocycles. The minimum atomic E-state index is 0.0709. The molecule has 1 N–H and O–H groups in total. The number of aromatic hydroxyl groups is 1. The molecule has 0 radical (unpaired) electrons. The van der Waals surface area contributed by atoms with Crippen LogP contribution >= 0.6 is 11.3 Å². The maximum atomic E-state index is 11.1. The largest absolute Gasteiger partial charge is 0.504 e. The van der Waals surface area contributed by atoms with Crippen LogP contribution in [0.2, 0.25) is 0 Å². The summed E-state index contributed by atoms with van der Waals surface area (Å²) in [7, 11) is 0. The van der Waals surface area contributed by atoms with E-state index in [0.29, 0.717) is 11.8 Å². The van der Waals surface area contributed by atoms with Gasteiger partial charge in [-0.25, -0.2) is 0 Å². The molecule has 9 aromatic rings. The molecular weight excluding hydrogens is 587 g/mol. The highest BCUT2D eigenvalue weighted by atomic mass is 32.1. The van der Waals surface area contributed by atoms with Gasteiger partial charge in [-0.1, -0.05) is 91.0 Å². The Kier molecular flexibility index (Phi) is 6.08. The molecular formula is C40H25N3O2S. The SMILES string of the molecule is Oc1ccc2c(sc3ccccc32)c1Oc1nc2c(-c3cccc(-c4cc5ccccc5cn4)c3)cccc2n1-c1ccccc1. The molecule has 0 unspecified atom stereocenters. The van der Waals surface area contributed by atoms with Crippen LogP contribution in [-0.2, 0) is 0 Å². The summed E-state index contributed by atoms with van der Waals surface area (Å²) in [5.74, 6) is 0.471. The molecule has 0 aliphatic rings. The highest BCUT2D eigenvalue weighted by Gasteiger charge is 2.22. The van der Waals surface area contributed by atoms with E-state index in [1.165, 1.54) is 0 Å². The molecule has 6 aromatic carbocycles. The highest BCUT2D eigenvalue weighted by molar-refractivity contribution is 7.26. The third-order valence-electron chi connectivity index (χ3n) is 8.44. The molecule has 0 aliphatic heterocycles. The summed E-state index contributed by atoms with van der Waals surface area (Å²) in [6.07, 6.45) is 1.93. The van der Waals surface area contributed by atoms with Crippen molar-refractivity contribution in [1.29, 1.82) is 0 Å². The Hall–Kier alpha value is -5.98. The average Bonchev–Trinajstić information content (AvgIpc) is 3.68. The van der Waals surface area contributed by atoms with Gasteiger partial charge < -0.3 is 9.84 Å². The van der Waals surface area contributed by atoms with Crippen molar-refractivity contribution in [3.8, 4) is 45.6 Å². The number of thiophene rings is 1. The number of hydrogen-bond donors (Lipinski definition) is 1. The van der Waals surface area contributed by atoms with Crippen LogP contribution in [0.5, 0.6) is 17.5 Å². The van der Waals surface area contributed by atoms with E-state index >= 15 is 0 Å². The first kappa shape index (κ1) is 26.4. The van der Waals surface area contributed by atoms with Gasteiger partial charge in [0.25, 0.3) is 0 Å². The summed E-state index contributed by atoms with van der Waals surface area (Å²) in [5, 5.41) is 15.5. The van der Waals surface area contributed by atoms with E-state index in [9.17, 15) is 5.11 Å². The summed E-state index contributed by atoms with van der Waals surface area (Å²) in [6.45, 7) is 0. The number of phenolic OH excluding ortho intramolecular Hbond substituents is 1. The second kappa shape index (κ2) is 10.6. The van der Waals surface area contributed by atoms with Crippen LogP contribution in [0.4, 0.5) is 0 Å². The maximum absolute atomic E-state index is 11.1. The smallest absolute Gasteiger partial charge is 0.307 e. The Morgan fingerprint density at radius 2 is 1.43 bits per heavy atom. The predicted molar refractivity (Wildman–Crippen MR) is 188 cm³/mol. The van der Waals surface area contributed by atoms with Gasteiger partial charge in [0.05, 0.1) is 21.6 Å². The number of ether oxygens (including phenoxy) is 1. The van der Waals surface area contributed by atoms with Crippen molar-refractivity contribution >= 4 is 53.3 Å². The number of rotatable bonds is 5. The summed E-state index contributed by atoms with van der Waals surface area (Å²) in [4.78, 5) is 9.89. The first-order chi connectivity index (χ1) is 22.7. The van der Waals surface area contributed by atoms with E-state index in [0.717, 1.165) is 70.0 Å². The molecule has 3 aromatic heterocycles. The molecule has 0 amide bonds. The second-order valence-corrected chi connectivity index (χ2v) is 12.3. The van der Waals surface area contributed by atoms with Crippen LogP contribution < -0.4 is 4.74 Å². The average molecular weight is 612 g/mol. The number of aromatic nitrogens is 3. The minimum Gasteiger partial charge on any atom is -0.504 e. The fraction of sp³-hybridized carbons (Fsp3) is 0. The Labute approximate surface area is 268 Å². The lowest BCUT2D eigenvalue weighted by atomic mass is 9.99. The molecule has 0 spiro atoms. The van der Waals surface area contributed by atoms with Crippen molar-refractivity contribution in [3.05, 3.63) is 146 Å². The number of nitrogens with zero attached hydrogens (tertiary/aromatic N) is 3. The van der Waals surface area contributed by atoms with Crippen LogP contribution in [0, 0.1) is 0 Å². The van der Waals surface area contributed by atoms with E-state index in [2.05, 4.69) is 66.7 Å². The normalized spacial score (nSPS) is 11.6. The Balaban J connectivity index is 1.22. The van der Waals surface area contributed by atoms with Crippen LogP contribution in [-0.4, -0.2) is 19.6 Å². The van der Waals surface area contributed by atoms with E-state index < -0.39 is 0 Å². The third-order valence-corrected chi connectivity index (χ3v) is 9.63. The van der Waals surface area contributed by atoms with E-state index in [1.54, 1.807) is 17.4 Å². The lowest BCUT2D eigenvalue weighted by molar-refractivity contribution is 0.394. The number of hydrogen-bond acceptors (Lipinski definition) is 5. The first-order valence-corrected chi connectivity index (χ1v) is 15.9. The molecule has 0 saturated heterocycles. The Morgan fingerprint density at radius 1 is 0.652 bits per heavy atom. The fourth-order valence-corrected chi connectivity index (χ4v) is 7.42. The zero-order chi connectivity index (χ0) is 30.6. The Morgan fingerprint density at radius 3 is 2.35 bits per heavy atom. The second-order valence-electron chi connectivity index (χ2n) is 11.2. The molecule has 0 atom stereocenters. The van der Waals surface area contributed by atoms with E-state index in [1.807, 2.05) is 77.5 Å². The standard InChI is InChI=1S/C40H25N3O2S/c44-35-21-20-32-31-16-6-7-19-36(31)46-39(32)38(35)45-40-42-37-30(17-9-18-34(37)43(40)29-14-2-1-3-15-29)26-12-8-13-27(22-26)33-23-25-10-4-5-11-28(25)24-41-33/h1-24,44H. The van der Waals surface area contributed by atoms with Gasteiger partial charge in [0.2, 0.25) is 0 Å². The van der Waals surface area contributed by atoms with Crippen molar-refractivity contribution in [1.82, 2.24) is 14.5 Å². The van der Waals surface area contributed by atoms with Crippen LogP contribution in [0.1, 0.15) is 0 Å². The molecule has 46 heavy (non-hydrogen) atoms. The summed E-state index contributed by atoms with van der Waals surface area (Å²) >= 11 is 1.60. The zero-order valence-electron chi connectivity index (χ0n) is 24.5. The van der Waals surface area contributed by atoms with Crippen molar-refractivity contribution in [2.75, 3.05) is 0 Å². The van der Waals surface area contributed by atoms with Crippen LogP contribution in [0.25, 0.3) is 70.0 Å². The van der Waals surface area contributed by atoms with Gasteiger partial charge in [0.15, 0.2) is 11.5 Å². The summed E-state index contributed by atoms with van der Waals surface area (Å²) in [6, 6.07) is 47.3. The number of phenols is 1. The number of fused-ring (bicyclic) bond motifs is 5. The van der Waals surface area contributed by atoms with Gasteiger partial charge in [-0.15, -0.1) is 11.3 Å². The molecule has 0 bridgehead atoms. The topological polar surface area (TPSA) is 60.2 Å². The number of imidazole rings is 1. The molecule has 6 heteroatoms. The number of benzene rings is 6. The van der Waals surface area contributed by atoms with Crippen molar-refractivity contribution in [3.63, 3.8) is 0 Å². The first-order valence-electron chi connectivity index (χ1n) is 15.0. The van der Waals surface area contributed by atoms with Crippen molar-refractivity contribution < 1.29 is 9.84 Å². The minimum absolute atomic E-state index is 0.0709. The van der Waals surface area contributed by atoms with Gasteiger partial charge in [0, 0.05) is 38.2 Å². The van der Waals surface area contributed by atoms with Crippen molar-refractivity contribution in [2.24, 2.45) is 0 Å². The van der Waals surface area contributed by atoms with E-state index in [-0.39, 0.29) is 5.75 Å². The van der Waals surface area contributed by atoms with Gasteiger partial charge in [-0.05, 0) is 59.5 Å². The third kappa shape index (κ3) is 4.30. The lowest BCUT2D eigenvalue weighted by Gasteiger charge is -2.12. The van der Waals surface area contributed by atoms with Crippen LogP contribution in [0.15, 0.2) is 146 Å². The predicted octanol–water partition coefficient (Wildman–Crippen LogP) is 10.8. The molecule has 0 aliphatic carbocycles. The molecule has 9 rings (SSSR count). The van der Waals surface area contributed by atoms with Gasteiger partial charge >= 0.3 is 6.01 Å². The molecule has 5 nitrogen and oxygen atoms in total. The summed E-state index contributed by atoms with van der Waals surface area (Å²) < 4.78 is 10.7. The summed E-state index contributed by atoms with van der Waals surface area (Å²) in [5.41, 5.74) is 6.55. The van der Waals surface area contributed by atoms with Gasteiger partial charge in [-0.3, -0.25) is 9.55 Å². The van der Waals surface area contributed by atoms with Gasteiger partial charge in [0.1, 0.15) is 5.52 Å².